The van der Waals surface area contributed by atoms with Crippen LogP contribution in [-0.4, -0.2) is 74.0 Å². The van der Waals surface area contributed by atoms with Gasteiger partial charge in [-0.1, -0.05) is 27.7 Å². The van der Waals surface area contributed by atoms with Gasteiger partial charge >= 0.3 is 0 Å². The van der Waals surface area contributed by atoms with Crippen LogP contribution in [-0.2, 0) is 9.47 Å². The van der Waals surface area contributed by atoms with Crippen molar-refractivity contribution >= 4 is 0 Å². The number of hydrogen-bond acceptors (Lipinski definition) is 6. The maximum Gasteiger partial charge on any atom is 0.0897 e. The molecule has 2 unspecified atom stereocenters. The highest BCUT2D eigenvalue weighted by Gasteiger charge is 2.06. The first-order valence-electron chi connectivity index (χ1n) is 8.40. The van der Waals surface area contributed by atoms with Gasteiger partial charge in [-0.3, -0.25) is 0 Å². The molecule has 0 aliphatic heterocycles. The second-order valence-corrected chi connectivity index (χ2v) is 6.29. The zero-order valence-electron chi connectivity index (χ0n) is 14.7. The first-order chi connectivity index (χ1) is 10.4. The van der Waals surface area contributed by atoms with Crippen LogP contribution in [0.4, 0.5) is 0 Å². The van der Waals surface area contributed by atoms with E-state index in [1.165, 1.54) is 0 Å². The average Bonchev–Trinajstić information content (AvgIpc) is 2.45. The van der Waals surface area contributed by atoms with Crippen LogP contribution in [0.2, 0.25) is 0 Å². The first kappa shape index (κ1) is 21.8. The van der Waals surface area contributed by atoms with E-state index in [1.54, 1.807) is 0 Å². The van der Waals surface area contributed by atoms with Gasteiger partial charge < -0.3 is 30.3 Å². The van der Waals surface area contributed by atoms with E-state index < -0.39 is 12.2 Å². The lowest BCUT2D eigenvalue weighted by Gasteiger charge is -2.15. The van der Waals surface area contributed by atoms with Crippen molar-refractivity contribution in [3.8, 4) is 0 Å². The van der Waals surface area contributed by atoms with Crippen molar-refractivity contribution in [2.45, 2.75) is 64.8 Å². The Morgan fingerprint density at radius 2 is 1.14 bits per heavy atom. The number of nitrogens with one attached hydrogen (secondary N) is 2. The molecule has 0 aromatic rings. The van der Waals surface area contributed by atoms with Gasteiger partial charge in [-0.25, -0.2) is 0 Å². The van der Waals surface area contributed by atoms with Crippen molar-refractivity contribution in [2.24, 2.45) is 0 Å². The third-order valence-corrected chi connectivity index (χ3v) is 2.97. The van der Waals surface area contributed by atoms with E-state index in [1.807, 2.05) is 27.7 Å². The lowest BCUT2D eigenvalue weighted by atomic mass is 10.3. The fourth-order valence-electron chi connectivity index (χ4n) is 1.71. The van der Waals surface area contributed by atoms with Crippen LogP contribution < -0.4 is 10.6 Å². The van der Waals surface area contributed by atoms with Crippen molar-refractivity contribution in [1.29, 1.82) is 0 Å². The summed E-state index contributed by atoms with van der Waals surface area (Å²) in [6.45, 7) is 11.3. The molecule has 0 aromatic heterocycles. The molecule has 6 nitrogen and oxygen atoms in total. The van der Waals surface area contributed by atoms with Gasteiger partial charge in [-0.15, -0.1) is 0 Å². The predicted molar refractivity (Wildman–Crippen MR) is 93.4 cm³/mol. The fourth-order valence-corrected chi connectivity index (χ4v) is 1.71. The molecule has 0 aliphatic carbocycles. The highest BCUT2D eigenvalue weighted by Crippen LogP contribution is 1.95. The largest absolute Gasteiger partial charge is 0.389 e. The Morgan fingerprint density at radius 1 is 0.773 bits per heavy atom. The molecular weight excluding hydrogens is 284 g/mol. The van der Waals surface area contributed by atoms with Crippen molar-refractivity contribution in [2.75, 3.05) is 39.5 Å². The van der Waals surface area contributed by atoms with E-state index in [-0.39, 0.29) is 2.85 Å². The summed E-state index contributed by atoms with van der Waals surface area (Å²) in [6.07, 6.45) is 0.875. The Labute approximate surface area is 138 Å². The van der Waals surface area contributed by atoms with Crippen molar-refractivity contribution in [1.82, 2.24) is 10.6 Å². The van der Waals surface area contributed by atoms with Gasteiger partial charge in [0.15, 0.2) is 0 Å². The third kappa shape index (κ3) is 16.1. The Morgan fingerprint density at radius 3 is 1.45 bits per heavy atom. The van der Waals surface area contributed by atoms with Gasteiger partial charge in [0.1, 0.15) is 0 Å². The SMILES string of the molecule is CC(C)NCC(O)COCCCCOCC(O)CNC(C)C.[HH].[HH]. The fraction of sp³-hybridized carbons (Fsp3) is 1.00. The number of aliphatic hydroxyl groups excluding tert-OH is 2. The molecular formula is C16H40N2O4. The number of unbranched alkanes of at least 4 members (excludes halogenated alkanes) is 1. The molecule has 0 rings (SSSR count). The molecule has 0 spiro atoms. The first-order valence-corrected chi connectivity index (χ1v) is 8.40. The summed E-state index contributed by atoms with van der Waals surface area (Å²) in [6, 6.07) is 0.746. The molecule has 6 heteroatoms. The van der Waals surface area contributed by atoms with Crippen molar-refractivity contribution in [3.05, 3.63) is 0 Å². The molecule has 0 saturated heterocycles. The van der Waals surface area contributed by atoms with Crippen molar-refractivity contribution < 1.29 is 22.5 Å². The zero-order chi connectivity index (χ0) is 16.8. The Hall–Kier alpha value is -0.240. The molecule has 4 N–H and O–H groups in total. The standard InChI is InChI=1S/C16H36N2O4.2H2/c1-13(2)17-9-15(19)11-21-7-5-6-8-22-12-16(20)10-18-14(3)4;;/h13-20H,5-12H2,1-4H3;2*1H. The summed E-state index contributed by atoms with van der Waals surface area (Å²) in [5, 5.41) is 25.6. The summed E-state index contributed by atoms with van der Waals surface area (Å²) in [5.74, 6) is 0. The van der Waals surface area contributed by atoms with Crippen LogP contribution in [0.5, 0.6) is 0 Å². The van der Waals surface area contributed by atoms with Crippen LogP contribution >= 0.6 is 0 Å². The maximum atomic E-state index is 9.64. The van der Waals surface area contributed by atoms with Gasteiger partial charge in [0.2, 0.25) is 0 Å². The van der Waals surface area contributed by atoms with E-state index in [0.29, 0.717) is 51.6 Å². The monoisotopic (exact) mass is 324 g/mol. The summed E-state index contributed by atoms with van der Waals surface area (Å²) < 4.78 is 10.8. The number of rotatable bonds is 15. The smallest absolute Gasteiger partial charge is 0.0897 e. The lowest BCUT2D eigenvalue weighted by Crippen LogP contribution is -2.34. The maximum absolute atomic E-state index is 9.64. The Balaban J connectivity index is -0.00000220. The van der Waals surface area contributed by atoms with E-state index >= 15 is 0 Å². The average molecular weight is 325 g/mol. The molecule has 22 heavy (non-hydrogen) atoms. The molecule has 0 saturated carbocycles. The van der Waals surface area contributed by atoms with E-state index in [0.717, 1.165) is 12.8 Å². The molecule has 0 amide bonds. The molecule has 138 valence electrons. The molecule has 0 aromatic carbocycles. The number of hydrogen-bond donors (Lipinski definition) is 4. The number of aliphatic hydroxyl groups is 2. The second-order valence-electron chi connectivity index (χ2n) is 6.29. The molecule has 0 bridgehead atoms. The highest BCUT2D eigenvalue weighted by atomic mass is 16.5. The molecule has 0 radical (unpaired) electrons. The van der Waals surface area contributed by atoms with Crippen LogP contribution in [0.25, 0.3) is 0 Å². The van der Waals surface area contributed by atoms with Crippen LogP contribution in [0.1, 0.15) is 43.4 Å². The van der Waals surface area contributed by atoms with Gasteiger partial charge in [0, 0.05) is 41.2 Å². The van der Waals surface area contributed by atoms with Gasteiger partial charge in [0.25, 0.3) is 0 Å². The van der Waals surface area contributed by atoms with Crippen LogP contribution in [0, 0.1) is 0 Å². The van der Waals surface area contributed by atoms with E-state index in [4.69, 9.17) is 9.47 Å². The van der Waals surface area contributed by atoms with Crippen LogP contribution in [0.3, 0.4) is 0 Å². The van der Waals surface area contributed by atoms with Crippen molar-refractivity contribution in [3.63, 3.8) is 0 Å². The molecule has 0 fully saturated rings. The minimum atomic E-state index is -0.456. The van der Waals surface area contributed by atoms with Gasteiger partial charge in [0.05, 0.1) is 25.4 Å². The minimum Gasteiger partial charge on any atom is -0.389 e. The van der Waals surface area contributed by atoms with Gasteiger partial charge in [-0.2, -0.15) is 0 Å². The van der Waals surface area contributed by atoms with Gasteiger partial charge in [-0.05, 0) is 12.8 Å². The third-order valence-electron chi connectivity index (χ3n) is 2.97. The summed E-state index contributed by atoms with van der Waals surface area (Å²) in [4.78, 5) is 0. The topological polar surface area (TPSA) is 83.0 Å². The quantitative estimate of drug-likeness (QED) is 0.337. The summed E-state index contributed by atoms with van der Waals surface area (Å²) in [5.41, 5.74) is 0. The number of ether oxygens (including phenoxy) is 2. The summed E-state index contributed by atoms with van der Waals surface area (Å²) >= 11 is 0. The Bertz CT molecular complexity index is 226. The molecule has 2 atom stereocenters. The highest BCUT2D eigenvalue weighted by molar-refractivity contribution is 4.62. The normalized spacial score (nSPS) is 14.7. The van der Waals surface area contributed by atoms with E-state index in [2.05, 4.69) is 10.6 Å². The molecule has 0 aliphatic rings. The lowest BCUT2D eigenvalue weighted by molar-refractivity contribution is 0.0209. The Kier molecular flexibility index (Phi) is 14.2. The van der Waals surface area contributed by atoms with E-state index in [9.17, 15) is 10.2 Å². The minimum absolute atomic E-state index is 0. The summed E-state index contributed by atoms with van der Waals surface area (Å²) in [7, 11) is 0. The zero-order valence-corrected chi connectivity index (χ0v) is 14.7. The molecule has 0 heterocycles. The predicted octanol–water partition coefficient (Wildman–Crippen LogP) is 1.01. The second kappa shape index (κ2) is 14.4. The van der Waals surface area contributed by atoms with Crippen LogP contribution in [0.15, 0.2) is 0 Å².